The molecule has 0 saturated carbocycles. The Morgan fingerprint density at radius 3 is 2.50 bits per heavy atom. The summed E-state index contributed by atoms with van der Waals surface area (Å²) < 4.78 is 9.53. The zero-order valence-electron chi connectivity index (χ0n) is 7.72. The Labute approximate surface area is 81.6 Å². The standard InChI is InChI=1S/C8H15BrO3/c1-8(2,9)6-12-7(10)4-5-11-3/h4-6H2,1-3H3. The predicted molar refractivity (Wildman–Crippen MR) is 50.5 cm³/mol. The van der Waals surface area contributed by atoms with Crippen molar-refractivity contribution in [1.82, 2.24) is 0 Å². The Bertz CT molecular complexity index is 140. The number of hydrogen-bond donors (Lipinski definition) is 0. The largest absolute Gasteiger partial charge is 0.464 e. The van der Waals surface area contributed by atoms with Gasteiger partial charge >= 0.3 is 5.97 Å². The highest BCUT2D eigenvalue weighted by atomic mass is 79.9. The summed E-state index contributed by atoms with van der Waals surface area (Å²) in [6.07, 6.45) is 0.319. The van der Waals surface area contributed by atoms with Gasteiger partial charge in [-0.3, -0.25) is 4.79 Å². The van der Waals surface area contributed by atoms with Crippen LogP contribution in [-0.4, -0.2) is 30.6 Å². The molecule has 0 amide bonds. The maximum absolute atomic E-state index is 10.9. The molecule has 0 aliphatic carbocycles. The molecule has 0 unspecified atom stereocenters. The highest BCUT2D eigenvalue weighted by Gasteiger charge is 2.15. The van der Waals surface area contributed by atoms with Crippen LogP contribution < -0.4 is 0 Å². The molecule has 0 bridgehead atoms. The normalized spacial score (nSPS) is 11.3. The number of esters is 1. The Morgan fingerprint density at radius 1 is 1.50 bits per heavy atom. The molecular weight excluding hydrogens is 224 g/mol. The van der Waals surface area contributed by atoms with Crippen LogP contribution in [0.3, 0.4) is 0 Å². The molecule has 0 heterocycles. The molecule has 4 heteroatoms. The van der Waals surface area contributed by atoms with E-state index in [1.807, 2.05) is 13.8 Å². The highest BCUT2D eigenvalue weighted by Crippen LogP contribution is 2.15. The maximum Gasteiger partial charge on any atom is 0.308 e. The van der Waals surface area contributed by atoms with Crippen molar-refractivity contribution in [3.8, 4) is 0 Å². The third-order valence-electron chi connectivity index (χ3n) is 1.09. The lowest BCUT2D eigenvalue weighted by molar-refractivity contribution is -0.145. The average molecular weight is 239 g/mol. The van der Waals surface area contributed by atoms with Gasteiger partial charge in [-0.2, -0.15) is 0 Å². The molecule has 0 spiro atoms. The Hall–Kier alpha value is -0.0900. The van der Waals surface area contributed by atoms with Gasteiger partial charge in [0.25, 0.3) is 0 Å². The van der Waals surface area contributed by atoms with Gasteiger partial charge in [0.05, 0.1) is 17.4 Å². The van der Waals surface area contributed by atoms with E-state index in [4.69, 9.17) is 9.47 Å². The number of methoxy groups -OCH3 is 1. The third-order valence-corrected chi connectivity index (χ3v) is 1.32. The van der Waals surface area contributed by atoms with Crippen LogP contribution in [0, 0.1) is 0 Å². The van der Waals surface area contributed by atoms with E-state index in [-0.39, 0.29) is 10.3 Å². The van der Waals surface area contributed by atoms with Crippen molar-refractivity contribution in [2.75, 3.05) is 20.3 Å². The minimum atomic E-state index is -0.218. The van der Waals surface area contributed by atoms with Gasteiger partial charge in [0.2, 0.25) is 0 Å². The van der Waals surface area contributed by atoms with E-state index >= 15 is 0 Å². The van der Waals surface area contributed by atoms with E-state index in [2.05, 4.69) is 15.9 Å². The van der Waals surface area contributed by atoms with Crippen molar-refractivity contribution < 1.29 is 14.3 Å². The summed E-state index contributed by atoms with van der Waals surface area (Å²) in [6.45, 7) is 4.68. The fourth-order valence-electron chi connectivity index (χ4n) is 0.510. The van der Waals surface area contributed by atoms with E-state index < -0.39 is 0 Å². The summed E-state index contributed by atoms with van der Waals surface area (Å²) in [4.78, 5) is 10.9. The first-order chi connectivity index (χ1) is 5.45. The number of ether oxygens (including phenoxy) is 2. The van der Waals surface area contributed by atoms with Gasteiger partial charge in [-0.25, -0.2) is 0 Å². The van der Waals surface area contributed by atoms with Crippen molar-refractivity contribution in [1.29, 1.82) is 0 Å². The maximum atomic E-state index is 10.9. The fraction of sp³-hybridized carbons (Fsp3) is 0.875. The summed E-state index contributed by atoms with van der Waals surface area (Å²) >= 11 is 3.37. The Kier molecular flexibility index (Phi) is 5.50. The molecule has 72 valence electrons. The first-order valence-electron chi connectivity index (χ1n) is 3.79. The summed E-state index contributed by atoms with van der Waals surface area (Å²) in [7, 11) is 1.56. The molecule has 0 aromatic rings. The quantitative estimate of drug-likeness (QED) is 0.541. The zero-order valence-corrected chi connectivity index (χ0v) is 9.31. The van der Waals surface area contributed by atoms with Crippen LogP contribution in [0.15, 0.2) is 0 Å². The Balaban J connectivity index is 3.44. The van der Waals surface area contributed by atoms with Gasteiger partial charge in [-0.15, -0.1) is 0 Å². The first-order valence-corrected chi connectivity index (χ1v) is 4.58. The molecular formula is C8H15BrO3. The monoisotopic (exact) mass is 238 g/mol. The van der Waals surface area contributed by atoms with Crippen LogP contribution in [0.4, 0.5) is 0 Å². The van der Waals surface area contributed by atoms with E-state index in [1.54, 1.807) is 7.11 Å². The zero-order chi connectivity index (χ0) is 9.61. The number of alkyl halides is 1. The lowest BCUT2D eigenvalue weighted by Crippen LogP contribution is -2.21. The number of rotatable bonds is 5. The number of carbonyl (C=O) groups excluding carboxylic acids is 1. The highest BCUT2D eigenvalue weighted by molar-refractivity contribution is 9.10. The fourth-order valence-corrected chi connectivity index (χ4v) is 0.624. The number of hydrogen-bond acceptors (Lipinski definition) is 3. The lowest BCUT2D eigenvalue weighted by Gasteiger charge is -2.15. The average Bonchev–Trinajstić information content (AvgIpc) is 1.95. The second kappa shape index (κ2) is 5.54. The predicted octanol–water partition coefficient (Wildman–Crippen LogP) is 1.74. The van der Waals surface area contributed by atoms with Crippen molar-refractivity contribution in [3.63, 3.8) is 0 Å². The first kappa shape index (κ1) is 11.9. The molecule has 0 rings (SSSR count). The van der Waals surface area contributed by atoms with Gasteiger partial charge in [0, 0.05) is 7.11 Å². The topological polar surface area (TPSA) is 35.5 Å². The number of carbonyl (C=O) groups is 1. The molecule has 0 radical (unpaired) electrons. The second-order valence-corrected chi connectivity index (χ2v) is 5.27. The number of halogens is 1. The summed E-state index contributed by atoms with van der Waals surface area (Å²) in [6, 6.07) is 0. The molecule has 0 aliphatic heterocycles. The van der Waals surface area contributed by atoms with Crippen LogP contribution in [0.5, 0.6) is 0 Å². The molecule has 0 aromatic carbocycles. The van der Waals surface area contributed by atoms with Crippen molar-refractivity contribution >= 4 is 21.9 Å². The van der Waals surface area contributed by atoms with Crippen molar-refractivity contribution in [3.05, 3.63) is 0 Å². The second-order valence-electron chi connectivity index (χ2n) is 3.12. The molecule has 0 aliphatic rings. The van der Waals surface area contributed by atoms with Gasteiger partial charge in [0.15, 0.2) is 0 Å². The van der Waals surface area contributed by atoms with E-state index in [1.165, 1.54) is 0 Å². The van der Waals surface area contributed by atoms with Crippen LogP contribution in [0.1, 0.15) is 20.3 Å². The van der Waals surface area contributed by atoms with Crippen LogP contribution >= 0.6 is 15.9 Å². The molecule has 0 aromatic heterocycles. The van der Waals surface area contributed by atoms with Gasteiger partial charge in [-0.05, 0) is 13.8 Å². The molecule has 12 heavy (non-hydrogen) atoms. The summed E-state index contributed by atoms with van der Waals surface area (Å²) in [5.41, 5.74) is 0. The van der Waals surface area contributed by atoms with Gasteiger partial charge in [0.1, 0.15) is 6.61 Å². The smallest absolute Gasteiger partial charge is 0.308 e. The lowest BCUT2D eigenvalue weighted by atomic mass is 10.2. The molecule has 0 atom stereocenters. The van der Waals surface area contributed by atoms with E-state index in [9.17, 15) is 4.79 Å². The molecule has 0 saturated heterocycles. The van der Waals surface area contributed by atoms with Crippen molar-refractivity contribution in [2.45, 2.75) is 24.6 Å². The summed E-state index contributed by atoms with van der Waals surface area (Å²) in [5, 5.41) is 0. The summed E-state index contributed by atoms with van der Waals surface area (Å²) in [5.74, 6) is -0.218. The molecule has 0 fully saturated rings. The van der Waals surface area contributed by atoms with E-state index in [0.29, 0.717) is 19.6 Å². The molecule has 3 nitrogen and oxygen atoms in total. The van der Waals surface area contributed by atoms with Crippen LogP contribution in [0.2, 0.25) is 0 Å². The minimum Gasteiger partial charge on any atom is -0.464 e. The van der Waals surface area contributed by atoms with E-state index in [0.717, 1.165) is 0 Å². The molecule has 0 N–H and O–H groups in total. The Morgan fingerprint density at radius 2 is 2.08 bits per heavy atom. The third kappa shape index (κ3) is 8.01. The SMILES string of the molecule is COCCC(=O)OCC(C)(C)Br. The van der Waals surface area contributed by atoms with Crippen molar-refractivity contribution in [2.24, 2.45) is 0 Å². The minimum absolute atomic E-state index is 0.143. The van der Waals surface area contributed by atoms with Gasteiger partial charge < -0.3 is 9.47 Å². The van der Waals surface area contributed by atoms with Crippen LogP contribution in [-0.2, 0) is 14.3 Å². The van der Waals surface area contributed by atoms with Gasteiger partial charge in [-0.1, -0.05) is 15.9 Å². The van der Waals surface area contributed by atoms with Crippen LogP contribution in [0.25, 0.3) is 0 Å².